The van der Waals surface area contributed by atoms with Crippen molar-refractivity contribution in [2.75, 3.05) is 0 Å². The first-order valence-corrected chi connectivity index (χ1v) is 5.49. The molecule has 0 atom stereocenters. The molecule has 0 fully saturated rings. The van der Waals surface area contributed by atoms with Crippen molar-refractivity contribution in [3.05, 3.63) is 5.41 Å². The summed E-state index contributed by atoms with van der Waals surface area (Å²) < 4.78 is 3.74. The van der Waals surface area contributed by atoms with Crippen LogP contribution in [0.4, 0.5) is 0 Å². The van der Waals surface area contributed by atoms with E-state index < -0.39 is 17.4 Å². The third kappa shape index (κ3) is 25.0. The van der Waals surface area contributed by atoms with Gasteiger partial charge in [-0.15, -0.1) is 0 Å². The second-order valence-corrected chi connectivity index (χ2v) is 4.53. The molecule has 0 aromatic carbocycles. The van der Waals surface area contributed by atoms with Crippen molar-refractivity contribution in [3.63, 3.8) is 0 Å². The molecule has 0 spiro atoms. The molecule has 0 aliphatic heterocycles. The van der Waals surface area contributed by atoms with Crippen LogP contribution in [0.1, 0.15) is 6.92 Å². The van der Waals surface area contributed by atoms with Gasteiger partial charge in [0.15, 0.2) is 0 Å². The van der Waals surface area contributed by atoms with Crippen molar-refractivity contribution in [3.8, 4) is 0 Å². The van der Waals surface area contributed by atoms with Gasteiger partial charge in [0.25, 0.3) is 0 Å². The summed E-state index contributed by atoms with van der Waals surface area (Å²) in [4.78, 5) is 11.0. The standard InChI is InChI=1S/C5H4N3O2.9W/c1-2-3(9)4(6)5(10)8-7;;;;;;;;;/h1H3,(H,8,10);;;;;;;;;/q-1;;;;;;;;;. The van der Waals surface area contributed by atoms with Crippen LogP contribution in [-0.2, 0) is 191 Å². The number of hydrogen-bond donors (Lipinski definition) is 1. The summed E-state index contributed by atoms with van der Waals surface area (Å²) in [6.45, 7) is 1.56. The Kier molecular flexibility index (Phi) is 79.6. The van der Waals surface area contributed by atoms with E-state index in [-0.39, 0.29) is 147 Å². The van der Waals surface area contributed by atoms with Gasteiger partial charge in [-0.1, -0.05) is 0 Å². The number of Topliss-reactive ketones (excluding diaryl/α,β-unsaturated/α-hetero) is 1. The fraction of sp³-hybridized carbons (Fsp3) is 0.200. The Bertz CT molecular complexity index is 292. The SMILES string of the molecule is C[C](=[W])C(=O)C(=[N-])C(O)=N[N]=[W].[W].[W].[W].[W].[W].[W].[W]. The number of carbonyl (C=O) groups excluding carboxylic acids is 1. The summed E-state index contributed by atoms with van der Waals surface area (Å²) in [6.07, 6.45) is 0. The van der Waals surface area contributed by atoms with Crippen molar-refractivity contribution >= 4 is 21.3 Å². The molecule has 0 unspecified atom stereocenters. The van der Waals surface area contributed by atoms with Gasteiger partial charge < -0.3 is 0 Å². The molecule has 0 bridgehead atoms. The summed E-state index contributed by atoms with van der Waals surface area (Å²) in [6, 6.07) is 0. The van der Waals surface area contributed by atoms with Crippen LogP contribution < -0.4 is 0 Å². The van der Waals surface area contributed by atoms with Gasteiger partial charge in [0.2, 0.25) is 0 Å². The number of hydrogen-bond acceptors (Lipinski definition) is 3. The van der Waals surface area contributed by atoms with Gasteiger partial charge in [-0.3, -0.25) is 0 Å². The zero-order valence-electron chi connectivity index (χ0n) is 8.87. The predicted molar refractivity (Wildman–Crippen MR) is 36.5 cm³/mol. The maximum Gasteiger partial charge on any atom is 0 e. The van der Waals surface area contributed by atoms with Crippen molar-refractivity contribution in [1.29, 1.82) is 0 Å². The van der Waals surface area contributed by atoms with E-state index in [0.717, 1.165) is 39.0 Å². The smallest absolute Gasteiger partial charge is 0 e. The van der Waals surface area contributed by atoms with Crippen LogP contribution in [0.25, 0.3) is 5.41 Å². The van der Waals surface area contributed by atoms with Gasteiger partial charge in [-0.2, -0.15) is 0 Å². The van der Waals surface area contributed by atoms with Crippen molar-refractivity contribution in [2.24, 2.45) is 8.71 Å². The summed E-state index contributed by atoms with van der Waals surface area (Å²) in [7, 11) is 0. The molecule has 19 heavy (non-hydrogen) atoms. The molecule has 0 saturated carbocycles. The van der Waals surface area contributed by atoms with Crippen molar-refractivity contribution in [2.45, 2.75) is 6.92 Å². The van der Waals surface area contributed by atoms with E-state index in [2.05, 4.69) is 8.71 Å². The van der Waals surface area contributed by atoms with Gasteiger partial charge in [0.1, 0.15) is 0 Å². The molecule has 0 aliphatic carbocycles. The number of aliphatic hydroxyl groups is 1. The largest absolute Gasteiger partial charge is 0 e. The molecule has 0 heterocycles. The first-order chi connectivity index (χ1) is 5.50. The van der Waals surface area contributed by atoms with E-state index in [9.17, 15) is 4.79 Å². The van der Waals surface area contributed by atoms with Gasteiger partial charge in [-0.25, -0.2) is 0 Å². The number of aliphatic hydroxyl groups excluding tert-OH is 1. The molecule has 14 heteroatoms. The molecule has 5 nitrogen and oxygen atoms in total. The number of nitrogens with zero attached hydrogens (tertiary/aromatic N) is 3. The third-order valence-corrected chi connectivity index (χ3v) is 1.84. The summed E-state index contributed by atoms with van der Waals surface area (Å²) in [5.41, 5.74) is -0.743. The fourth-order valence-corrected chi connectivity index (χ4v) is 0.979. The topological polar surface area (TPSA) is 84.3 Å². The van der Waals surface area contributed by atoms with Crippen molar-refractivity contribution < 1.29 is 196 Å². The van der Waals surface area contributed by atoms with Crippen LogP contribution >= 0.6 is 0 Å². The minimum Gasteiger partial charge on any atom is 0 e. The molecule has 0 amide bonds. The summed E-state index contributed by atoms with van der Waals surface area (Å²) in [5, 5.41) is 21.1. The van der Waals surface area contributed by atoms with Crippen LogP contribution in [-0.4, -0.2) is 26.4 Å². The second-order valence-electron chi connectivity index (χ2n) is 1.74. The molecular weight excluding hydrogens is 1790 g/mol. The number of carbonyl (C=O) groups is 1. The second kappa shape index (κ2) is 30.5. The number of ketones is 1. The van der Waals surface area contributed by atoms with E-state index in [0.29, 0.717) is 3.90 Å². The quantitative estimate of drug-likeness (QED) is 0.243. The molecule has 1 N–H and O–H groups in total. The van der Waals surface area contributed by atoms with Crippen molar-refractivity contribution in [1.82, 2.24) is 0 Å². The average Bonchev–Trinajstić information content (AvgIpc) is 2.02. The average molecular weight is 1790 g/mol. The Labute approximate surface area is 234 Å². The van der Waals surface area contributed by atoms with Gasteiger partial charge >= 0.3 is 91.2 Å². The molecule has 0 aromatic heterocycles. The summed E-state index contributed by atoms with van der Waals surface area (Å²) >= 11 is 1.72. The van der Waals surface area contributed by atoms with Crippen LogP contribution in [0, 0.1) is 0 Å². The Morgan fingerprint density at radius 3 is 1.58 bits per heavy atom. The molecule has 0 saturated heterocycles. The van der Waals surface area contributed by atoms with Gasteiger partial charge in [0, 0.05) is 147 Å². The van der Waals surface area contributed by atoms with Crippen LogP contribution in [0.5, 0.6) is 0 Å². The summed E-state index contributed by atoms with van der Waals surface area (Å²) in [5.74, 6) is -1.32. The minimum absolute atomic E-state index is 0. The zero-order chi connectivity index (χ0) is 9.72. The monoisotopic (exact) mass is 1790 g/mol. The van der Waals surface area contributed by atoms with Gasteiger partial charge in [0.05, 0.1) is 0 Å². The van der Waals surface area contributed by atoms with Crippen LogP contribution in [0.15, 0.2) is 8.71 Å². The molecule has 0 aliphatic rings. The fourth-order valence-electron chi connectivity index (χ4n) is 0.354. The molecule has 0 aromatic rings. The van der Waals surface area contributed by atoms with Crippen LogP contribution in [0.2, 0.25) is 0 Å². The zero-order valence-corrected chi connectivity index (χ0v) is 35.3. The van der Waals surface area contributed by atoms with Gasteiger partial charge in [-0.05, 0) is 0 Å². The molecule has 0 rings (SSSR count). The maximum absolute atomic E-state index is 11.0. The Balaban J connectivity index is -0.0000000288. The normalized spacial score (nSPS) is 6.68. The van der Waals surface area contributed by atoms with E-state index in [1.54, 1.807) is 6.92 Å². The Morgan fingerprint density at radius 2 is 1.37 bits per heavy atom. The Morgan fingerprint density at radius 1 is 1.05 bits per heavy atom. The first-order valence-electron chi connectivity index (χ1n) is 2.71. The van der Waals surface area contributed by atoms with E-state index in [1.807, 2.05) is 0 Å². The third-order valence-electron chi connectivity index (χ3n) is 0.882. The van der Waals surface area contributed by atoms with E-state index >= 15 is 0 Å². The molecule has 0 radical (unpaired) electrons. The minimum atomic E-state index is -0.743. The molecule has 106 valence electrons. The molecular formula is C5H4N3O2W9-. The Hall–Kier alpha value is 4.67. The van der Waals surface area contributed by atoms with E-state index in [4.69, 9.17) is 10.5 Å². The predicted octanol–water partition coefficient (Wildman–Crippen LogP) is -0.111. The number of rotatable bonds is 4. The van der Waals surface area contributed by atoms with Crippen LogP contribution in [0.3, 0.4) is 0 Å². The maximum atomic E-state index is 11.0. The van der Waals surface area contributed by atoms with E-state index in [1.165, 1.54) is 0 Å². The first kappa shape index (κ1) is 49.5.